The topological polar surface area (TPSA) is 85.9 Å². The Bertz CT molecular complexity index is 654. The molecule has 0 atom stereocenters. The molecule has 0 aliphatic heterocycles. The Balaban J connectivity index is 2.24. The Morgan fingerprint density at radius 2 is 1.72 bits per heavy atom. The summed E-state index contributed by atoms with van der Waals surface area (Å²) in [6.45, 7) is 0. The molecule has 0 saturated heterocycles. The summed E-state index contributed by atoms with van der Waals surface area (Å²) in [5.41, 5.74) is 5.68. The molecule has 0 saturated carbocycles. The second kappa shape index (κ2) is 4.95. The fourth-order valence-corrected chi connectivity index (χ4v) is 2.68. The lowest BCUT2D eigenvalue weighted by molar-refractivity contribution is 0.602. The molecule has 5 nitrogen and oxygen atoms in total. The van der Waals surface area contributed by atoms with Crippen LogP contribution in [0.15, 0.2) is 51.5 Å². The maximum Gasteiger partial charge on any atom is 0.175 e. The van der Waals surface area contributed by atoms with E-state index in [0.29, 0.717) is 15.7 Å². The van der Waals surface area contributed by atoms with E-state index in [9.17, 15) is 8.42 Å². The molecule has 7 heteroatoms. The van der Waals surface area contributed by atoms with Gasteiger partial charge < -0.3 is 5.73 Å². The lowest BCUT2D eigenvalue weighted by Crippen LogP contribution is -1.96. The zero-order chi connectivity index (χ0) is 13.2. The average Bonchev–Trinajstić information content (AvgIpc) is 2.32. The van der Waals surface area contributed by atoms with Gasteiger partial charge in [0.2, 0.25) is 0 Å². The Labute approximate surface area is 109 Å². The maximum atomic E-state index is 11.3. The Morgan fingerprint density at radius 3 is 2.28 bits per heavy atom. The molecule has 0 unspecified atom stereocenters. The fraction of sp³-hybridized carbons (Fsp3) is 0.0909. The van der Waals surface area contributed by atoms with Crippen LogP contribution in [0.2, 0.25) is 0 Å². The number of nitrogens with zero attached hydrogens (tertiary/aromatic N) is 2. The van der Waals surface area contributed by atoms with Gasteiger partial charge in [-0.15, -0.1) is 0 Å². The number of nitrogen functional groups attached to an aromatic ring is 1. The van der Waals surface area contributed by atoms with Gasteiger partial charge >= 0.3 is 0 Å². The summed E-state index contributed by atoms with van der Waals surface area (Å²) in [4.78, 5) is 9.18. The molecular formula is C11H11N3O2S2. The van der Waals surface area contributed by atoms with Crippen molar-refractivity contribution in [3.05, 3.63) is 36.7 Å². The second-order valence-corrected chi connectivity index (χ2v) is 6.67. The lowest BCUT2D eigenvalue weighted by Gasteiger charge is -2.03. The molecule has 1 heterocycles. The van der Waals surface area contributed by atoms with E-state index >= 15 is 0 Å². The van der Waals surface area contributed by atoms with Crippen molar-refractivity contribution in [3.8, 4) is 0 Å². The van der Waals surface area contributed by atoms with Crippen molar-refractivity contribution < 1.29 is 8.42 Å². The number of rotatable bonds is 3. The number of sulfone groups is 1. The molecule has 0 amide bonds. The predicted molar refractivity (Wildman–Crippen MR) is 70.1 cm³/mol. The molecular weight excluding hydrogens is 270 g/mol. The van der Waals surface area contributed by atoms with Crippen LogP contribution in [0.5, 0.6) is 0 Å². The van der Waals surface area contributed by atoms with Crippen LogP contribution >= 0.6 is 11.8 Å². The van der Waals surface area contributed by atoms with Crippen LogP contribution in [0.3, 0.4) is 0 Å². The first-order chi connectivity index (χ1) is 8.47. The van der Waals surface area contributed by atoms with Gasteiger partial charge in [0.15, 0.2) is 15.7 Å². The highest BCUT2D eigenvalue weighted by Crippen LogP contribution is 2.29. The molecule has 0 aliphatic rings. The van der Waals surface area contributed by atoms with Crippen molar-refractivity contribution in [3.63, 3.8) is 0 Å². The standard InChI is InChI=1S/C11H11N3O2S2/c1-18(15,16)9-4-2-8(3-5-9)17-11-10(12)13-6-7-14-11/h2-7H,1H3,(H2,12,13). The zero-order valence-electron chi connectivity index (χ0n) is 9.57. The number of hydrogen-bond acceptors (Lipinski definition) is 6. The summed E-state index contributed by atoms with van der Waals surface area (Å²) < 4.78 is 22.6. The van der Waals surface area contributed by atoms with Gasteiger partial charge in [0.1, 0.15) is 5.03 Å². The normalized spacial score (nSPS) is 11.4. The molecule has 0 spiro atoms. The summed E-state index contributed by atoms with van der Waals surface area (Å²) in [5.74, 6) is 0.356. The van der Waals surface area contributed by atoms with Crippen LogP contribution in [-0.4, -0.2) is 24.6 Å². The van der Waals surface area contributed by atoms with Crippen LogP contribution in [0.1, 0.15) is 0 Å². The van der Waals surface area contributed by atoms with Crippen LogP contribution in [0.4, 0.5) is 5.82 Å². The van der Waals surface area contributed by atoms with E-state index in [2.05, 4.69) is 9.97 Å². The summed E-state index contributed by atoms with van der Waals surface area (Å²) in [7, 11) is -3.16. The Kier molecular flexibility index (Phi) is 3.53. The first kappa shape index (κ1) is 12.8. The van der Waals surface area contributed by atoms with Crippen LogP contribution in [0.25, 0.3) is 0 Å². The van der Waals surface area contributed by atoms with E-state index in [1.807, 2.05) is 0 Å². The second-order valence-electron chi connectivity index (χ2n) is 3.59. The third-order valence-corrected chi connectivity index (χ3v) is 4.30. The van der Waals surface area contributed by atoms with Crippen molar-refractivity contribution in [1.82, 2.24) is 9.97 Å². The zero-order valence-corrected chi connectivity index (χ0v) is 11.2. The van der Waals surface area contributed by atoms with Gasteiger partial charge in [-0.05, 0) is 24.3 Å². The minimum Gasteiger partial charge on any atom is -0.381 e. The molecule has 2 aromatic rings. The molecule has 0 aliphatic carbocycles. The summed E-state index contributed by atoms with van der Waals surface area (Å²) in [6.07, 6.45) is 4.26. The highest BCUT2D eigenvalue weighted by molar-refractivity contribution is 7.99. The van der Waals surface area contributed by atoms with Gasteiger partial charge in [0.25, 0.3) is 0 Å². The van der Waals surface area contributed by atoms with Gasteiger partial charge in [-0.2, -0.15) is 0 Å². The van der Waals surface area contributed by atoms with Crippen LogP contribution in [0, 0.1) is 0 Å². The third-order valence-electron chi connectivity index (χ3n) is 2.16. The SMILES string of the molecule is CS(=O)(=O)c1ccc(Sc2nccnc2N)cc1. The highest BCUT2D eigenvalue weighted by atomic mass is 32.2. The van der Waals surface area contributed by atoms with Crippen molar-refractivity contribution in [2.45, 2.75) is 14.8 Å². The van der Waals surface area contributed by atoms with E-state index in [1.165, 1.54) is 24.2 Å². The minimum atomic E-state index is -3.16. The van der Waals surface area contributed by atoms with Gasteiger partial charge in [-0.3, -0.25) is 0 Å². The van der Waals surface area contributed by atoms with E-state index in [-0.39, 0.29) is 0 Å². The van der Waals surface area contributed by atoms with Gasteiger partial charge in [-0.1, -0.05) is 11.8 Å². The molecule has 0 fully saturated rings. The quantitative estimate of drug-likeness (QED) is 0.920. The lowest BCUT2D eigenvalue weighted by atomic mass is 10.4. The first-order valence-corrected chi connectivity index (χ1v) is 7.72. The van der Waals surface area contributed by atoms with E-state index in [4.69, 9.17) is 5.73 Å². The number of anilines is 1. The smallest absolute Gasteiger partial charge is 0.175 e. The predicted octanol–water partition coefficient (Wildman–Crippen LogP) is 1.61. The monoisotopic (exact) mass is 281 g/mol. The van der Waals surface area contributed by atoms with Crippen LogP contribution < -0.4 is 5.73 Å². The summed E-state index contributed by atoms with van der Waals surface area (Å²) in [6, 6.07) is 6.55. The molecule has 1 aromatic carbocycles. The van der Waals surface area contributed by atoms with Crippen LogP contribution in [-0.2, 0) is 9.84 Å². The number of benzene rings is 1. The van der Waals surface area contributed by atoms with E-state index in [1.54, 1.807) is 30.5 Å². The molecule has 0 radical (unpaired) electrons. The summed E-state index contributed by atoms with van der Waals surface area (Å²) in [5, 5.41) is 0.601. The molecule has 18 heavy (non-hydrogen) atoms. The largest absolute Gasteiger partial charge is 0.381 e. The van der Waals surface area contributed by atoms with Crippen molar-refractivity contribution in [1.29, 1.82) is 0 Å². The first-order valence-electron chi connectivity index (χ1n) is 5.01. The molecule has 2 rings (SSSR count). The molecule has 2 N–H and O–H groups in total. The number of hydrogen-bond donors (Lipinski definition) is 1. The van der Waals surface area contributed by atoms with E-state index < -0.39 is 9.84 Å². The summed E-state index contributed by atoms with van der Waals surface area (Å²) >= 11 is 1.34. The van der Waals surface area contributed by atoms with Gasteiger partial charge in [-0.25, -0.2) is 18.4 Å². The maximum absolute atomic E-state index is 11.3. The molecule has 94 valence electrons. The van der Waals surface area contributed by atoms with Gasteiger partial charge in [0.05, 0.1) is 4.90 Å². The minimum absolute atomic E-state index is 0.291. The molecule has 1 aromatic heterocycles. The Morgan fingerprint density at radius 1 is 1.11 bits per heavy atom. The average molecular weight is 281 g/mol. The van der Waals surface area contributed by atoms with Crippen molar-refractivity contribution in [2.24, 2.45) is 0 Å². The number of aromatic nitrogens is 2. The highest BCUT2D eigenvalue weighted by Gasteiger charge is 2.08. The van der Waals surface area contributed by atoms with Crippen molar-refractivity contribution >= 4 is 27.4 Å². The number of nitrogens with two attached hydrogens (primary N) is 1. The third kappa shape index (κ3) is 2.99. The van der Waals surface area contributed by atoms with E-state index in [0.717, 1.165) is 4.90 Å². The van der Waals surface area contributed by atoms with Crippen molar-refractivity contribution in [2.75, 3.05) is 12.0 Å². The molecule has 0 bridgehead atoms. The Hall–Kier alpha value is -1.60. The fourth-order valence-electron chi connectivity index (χ4n) is 1.28. The van der Waals surface area contributed by atoms with Gasteiger partial charge in [0, 0.05) is 23.5 Å².